The lowest BCUT2D eigenvalue weighted by Gasteiger charge is -2.11. The molecule has 3 rings (SSSR count). The highest BCUT2D eigenvalue weighted by Crippen LogP contribution is 2.25. The zero-order valence-corrected chi connectivity index (χ0v) is 10.2. The van der Waals surface area contributed by atoms with Gasteiger partial charge in [0.25, 0.3) is 5.56 Å². The smallest absolute Gasteiger partial charge is 0.275 e. The van der Waals surface area contributed by atoms with Crippen LogP contribution in [0.1, 0.15) is 25.7 Å². The predicted molar refractivity (Wildman–Crippen MR) is 69.1 cm³/mol. The molecule has 90 valence electrons. The van der Waals surface area contributed by atoms with E-state index in [-0.39, 0.29) is 5.56 Å². The zero-order chi connectivity index (χ0) is 11.8. The molecule has 1 aliphatic carbocycles. The lowest BCUT2D eigenvalue weighted by atomic mass is 10.1. The number of aryl methyl sites for hydroxylation is 1. The van der Waals surface area contributed by atoms with Crippen LogP contribution in [-0.4, -0.2) is 9.13 Å². The van der Waals surface area contributed by atoms with Crippen molar-refractivity contribution in [1.29, 1.82) is 0 Å². The second-order valence-electron chi connectivity index (χ2n) is 5.15. The van der Waals surface area contributed by atoms with E-state index in [9.17, 15) is 4.79 Å². The van der Waals surface area contributed by atoms with Crippen molar-refractivity contribution in [1.82, 2.24) is 9.13 Å². The van der Waals surface area contributed by atoms with Crippen molar-refractivity contribution in [2.24, 2.45) is 13.0 Å². The van der Waals surface area contributed by atoms with Crippen LogP contribution >= 0.6 is 0 Å². The predicted octanol–water partition coefficient (Wildman–Crippen LogP) is 2.53. The van der Waals surface area contributed by atoms with Crippen LogP contribution in [0.2, 0.25) is 0 Å². The third kappa shape index (κ3) is 1.79. The summed E-state index contributed by atoms with van der Waals surface area (Å²) in [5.41, 5.74) is 0.979. The molecule has 0 amide bonds. The molecule has 1 aliphatic rings. The molecule has 2 aromatic rings. The maximum Gasteiger partial charge on any atom is 0.275 e. The van der Waals surface area contributed by atoms with E-state index in [4.69, 9.17) is 0 Å². The third-order valence-corrected chi connectivity index (χ3v) is 3.93. The minimum Gasteiger partial charge on any atom is -0.346 e. The number of nitrogens with zero attached hydrogens (tertiary/aromatic N) is 2. The quantitative estimate of drug-likeness (QED) is 0.778. The van der Waals surface area contributed by atoms with Gasteiger partial charge >= 0.3 is 0 Å². The van der Waals surface area contributed by atoms with Crippen LogP contribution in [0.3, 0.4) is 0 Å². The molecule has 0 aliphatic heterocycles. The second kappa shape index (κ2) is 4.06. The molecule has 0 atom stereocenters. The number of rotatable bonds is 2. The molecular weight excluding hydrogens is 212 g/mol. The summed E-state index contributed by atoms with van der Waals surface area (Å²) in [6.45, 7) is 0.889. The SMILES string of the molecule is Cn1ccc2ccn(CC3CCCC3)c(=O)c21. The van der Waals surface area contributed by atoms with Crippen molar-refractivity contribution >= 4 is 10.9 Å². The Morgan fingerprint density at radius 2 is 1.94 bits per heavy atom. The largest absolute Gasteiger partial charge is 0.346 e. The van der Waals surface area contributed by atoms with E-state index in [0.717, 1.165) is 17.4 Å². The molecule has 0 aromatic carbocycles. The molecule has 2 heterocycles. The minimum absolute atomic E-state index is 0.155. The fourth-order valence-corrected chi connectivity index (χ4v) is 2.95. The highest BCUT2D eigenvalue weighted by molar-refractivity contribution is 5.78. The fraction of sp³-hybridized carbons (Fsp3) is 0.500. The Kier molecular flexibility index (Phi) is 2.54. The lowest BCUT2D eigenvalue weighted by molar-refractivity contribution is 0.450. The Balaban J connectivity index is 2.01. The molecule has 0 bridgehead atoms. The fourth-order valence-electron chi connectivity index (χ4n) is 2.95. The van der Waals surface area contributed by atoms with Crippen LogP contribution in [0.25, 0.3) is 10.9 Å². The Morgan fingerprint density at radius 3 is 2.71 bits per heavy atom. The molecule has 0 unspecified atom stereocenters. The van der Waals surface area contributed by atoms with Gasteiger partial charge in [0, 0.05) is 31.4 Å². The van der Waals surface area contributed by atoms with Gasteiger partial charge in [-0.2, -0.15) is 0 Å². The average molecular weight is 230 g/mol. The summed E-state index contributed by atoms with van der Waals surface area (Å²) in [6, 6.07) is 4.04. The number of pyridine rings is 1. The molecule has 2 aromatic heterocycles. The Morgan fingerprint density at radius 1 is 1.24 bits per heavy atom. The summed E-state index contributed by atoms with van der Waals surface area (Å²) < 4.78 is 3.81. The van der Waals surface area contributed by atoms with Crippen molar-refractivity contribution in [3.05, 3.63) is 34.9 Å². The van der Waals surface area contributed by atoms with Crippen LogP contribution < -0.4 is 5.56 Å². The summed E-state index contributed by atoms with van der Waals surface area (Å²) in [7, 11) is 1.93. The number of aromatic nitrogens is 2. The van der Waals surface area contributed by atoms with E-state index in [2.05, 4.69) is 0 Å². The topological polar surface area (TPSA) is 26.9 Å². The van der Waals surface area contributed by atoms with Gasteiger partial charge in [-0.25, -0.2) is 0 Å². The molecule has 0 radical (unpaired) electrons. The van der Waals surface area contributed by atoms with Crippen LogP contribution in [0.5, 0.6) is 0 Å². The molecule has 17 heavy (non-hydrogen) atoms. The Labute approximate surface area is 101 Å². The van der Waals surface area contributed by atoms with Gasteiger partial charge in [0.15, 0.2) is 0 Å². The van der Waals surface area contributed by atoms with E-state index in [0.29, 0.717) is 5.92 Å². The van der Waals surface area contributed by atoms with Crippen LogP contribution in [0, 0.1) is 5.92 Å². The van der Waals surface area contributed by atoms with Crippen molar-refractivity contribution < 1.29 is 0 Å². The number of hydrogen-bond donors (Lipinski definition) is 0. The van der Waals surface area contributed by atoms with E-state index in [1.807, 2.05) is 40.7 Å². The van der Waals surface area contributed by atoms with Crippen molar-refractivity contribution in [3.63, 3.8) is 0 Å². The summed E-state index contributed by atoms with van der Waals surface area (Å²) in [6.07, 6.45) is 9.10. The van der Waals surface area contributed by atoms with Gasteiger partial charge in [0.1, 0.15) is 5.52 Å². The standard InChI is InChI=1S/C14H18N2O/c1-15-8-6-12-7-9-16(14(17)13(12)15)10-11-4-2-3-5-11/h6-9,11H,2-5,10H2,1H3. The summed E-state index contributed by atoms with van der Waals surface area (Å²) in [4.78, 5) is 12.3. The van der Waals surface area contributed by atoms with Gasteiger partial charge in [-0.1, -0.05) is 12.8 Å². The first-order valence-electron chi connectivity index (χ1n) is 6.40. The van der Waals surface area contributed by atoms with Gasteiger partial charge in [0.05, 0.1) is 0 Å². The van der Waals surface area contributed by atoms with E-state index in [1.165, 1.54) is 25.7 Å². The Hall–Kier alpha value is -1.51. The molecule has 3 nitrogen and oxygen atoms in total. The van der Waals surface area contributed by atoms with E-state index < -0.39 is 0 Å². The molecule has 3 heteroatoms. The molecule has 0 spiro atoms. The summed E-state index contributed by atoms with van der Waals surface area (Å²) in [5.74, 6) is 0.699. The average Bonchev–Trinajstić information content (AvgIpc) is 2.93. The van der Waals surface area contributed by atoms with E-state index >= 15 is 0 Å². The van der Waals surface area contributed by atoms with Crippen LogP contribution in [0.4, 0.5) is 0 Å². The second-order valence-corrected chi connectivity index (χ2v) is 5.15. The Bertz CT molecular complexity index is 588. The van der Waals surface area contributed by atoms with Crippen LogP contribution in [-0.2, 0) is 13.6 Å². The van der Waals surface area contributed by atoms with Gasteiger partial charge in [0.2, 0.25) is 0 Å². The summed E-state index contributed by atoms with van der Waals surface area (Å²) in [5, 5.41) is 1.04. The maximum absolute atomic E-state index is 12.3. The van der Waals surface area contributed by atoms with Gasteiger partial charge in [-0.15, -0.1) is 0 Å². The number of hydrogen-bond acceptors (Lipinski definition) is 1. The lowest BCUT2D eigenvalue weighted by Crippen LogP contribution is -2.23. The van der Waals surface area contributed by atoms with Gasteiger partial charge in [-0.3, -0.25) is 4.79 Å². The highest BCUT2D eigenvalue weighted by Gasteiger charge is 2.16. The minimum atomic E-state index is 0.155. The normalized spacial score (nSPS) is 17.0. The number of fused-ring (bicyclic) bond motifs is 1. The first-order chi connectivity index (χ1) is 8.25. The molecule has 0 N–H and O–H groups in total. The van der Waals surface area contributed by atoms with Crippen molar-refractivity contribution in [2.45, 2.75) is 32.2 Å². The monoisotopic (exact) mass is 230 g/mol. The maximum atomic E-state index is 12.3. The van der Waals surface area contributed by atoms with Gasteiger partial charge < -0.3 is 9.13 Å². The van der Waals surface area contributed by atoms with Crippen molar-refractivity contribution in [2.75, 3.05) is 0 Å². The zero-order valence-electron chi connectivity index (χ0n) is 10.2. The summed E-state index contributed by atoms with van der Waals surface area (Å²) >= 11 is 0. The first-order valence-corrected chi connectivity index (χ1v) is 6.40. The molecule has 1 saturated carbocycles. The van der Waals surface area contributed by atoms with E-state index in [1.54, 1.807) is 0 Å². The first kappa shape index (κ1) is 10.6. The van der Waals surface area contributed by atoms with Crippen molar-refractivity contribution in [3.8, 4) is 0 Å². The molecule has 0 saturated heterocycles. The molecule has 1 fully saturated rings. The highest BCUT2D eigenvalue weighted by atomic mass is 16.1. The van der Waals surface area contributed by atoms with Gasteiger partial charge in [-0.05, 0) is 30.9 Å². The van der Waals surface area contributed by atoms with Crippen LogP contribution in [0.15, 0.2) is 29.3 Å². The third-order valence-electron chi connectivity index (χ3n) is 3.93. The molecular formula is C14H18N2O.